The molecule has 0 saturated carbocycles. The lowest BCUT2D eigenvalue weighted by Crippen LogP contribution is -2.11. The van der Waals surface area contributed by atoms with E-state index in [9.17, 15) is 0 Å². The van der Waals surface area contributed by atoms with E-state index >= 15 is 0 Å². The molecule has 0 heterocycles. The Balaban J connectivity index is -0.000000205. The van der Waals surface area contributed by atoms with Crippen molar-refractivity contribution in [2.45, 2.75) is 59.5 Å². The Bertz CT molecular complexity index is 64.3. The Morgan fingerprint density at radius 2 is 1.57 bits per heavy atom. The molecular weight excluding hydrogens is 178 g/mol. The molecular formula is C11H29NO2. The van der Waals surface area contributed by atoms with E-state index in [4.69, 9.17) is 9.84 Å². The van der Waals surface area contributed by atoms with Crippen molar-refractivity contribution < 1.29 is 9.84 Å². The first-order valence-electron chi connectivity index (χ1n) is 5.56. The van der Waals surface area contributed by atoms with Gasteiger partial charge in [-0.15, -0.1) is 0 Å². The predicted octanol–water partition coefficient (Wildman–Crippen LogP) is 2.52. The zero-order valence-electron chi connectivity index (χ0n) is 10.5. The van der Waals surface area contributed by atoms with Crippen LogP contribution in [-0.2, 0) is 4.74 Å². The van der Waals surface area contributed by atoms with Crippen molar-refractivity contribution in [1.82, 2.24) is 0 Å². The van der Waals surface area contributed by atoms with Crippen molar-refractivity contribution in [1.29, 1.82) is 0 Å². The van der Waals surface area contributed by atoms with Gasteiger partial charge in [-0.05, 0) is 19.9 Å². The van der Waals surface area contributed by atoms with Gasteiger partial charge in [0.05, 0.1) is 6.10 Å². The number of nitrogens with two attached hydrogens (primary N) is 1. The highest BCUT2D eigenvalue weighted by Gasteiger charge is 2.02. The van der Waals surface area contributed by atoms with Crippen molar-refractivity contribution in [2.24, 2.45) is 5.73 Å². The average molecular weight is 207 g/mol. The average Bonchev–Trinajstić information content (AvgIpc) is 2.22. The Morgan fingerprint density at radius 1 is 1.14 bits per heavy atom. The number of aliphatic hydroxyl groups excluding tert-OH is 1. The molecule has 14 heavy (non-hydrogen) atoms. The highest BCUT2D eigenvalue weighted by Crippen LogP contribution is 2.04. The topological polar surface area (TPSA) is 55.5 Å². The minimum Gasteiger partial charge on any atom is -0.371 e. The number of aliphatic hydroxyl groups is 1. The summed E-state index contributed by atoms with van der Waals surface area (Å²) in [4.78, 5) is 0. The molecule has 0 aliphatic rings. The molecule has 0 radical (unpaired) electrons. The molecule has 0 aromatic rings. The minimum atomic E-state index is -0.140. The molecule has 0 aromatic carbocycles. The maximum atomic E-state index is 8.37. The lowest BCUT2D eigenvalue weighted by Gasteiger charge is -2.11. The van der Waals surface area contributed by atoms with Crippen LogP contribution in [0.25, 0.3) is 0 Å². The summed E-state index contributed by atoms with van der Waals surface area (Å²) >= 11 is 0. The first-order chi connectivity index (χ1) is 6.76. The van der Waals surface area contributed by atoms with Crippen LogP contribution in [-0.4, -0.2) is 25.1 Å². The van der Waals surface area contributed by atoms with Gasteiger partial charge in [0, 0.05) is 0 Å². The third-order valence-electron chi connectivity index (χ3n) is 1.38. The fraction of sp³-hybridized carbons (Fsp3) is 1.00. The first-order valence-corrected chi connectivity index (χ1v) is 5.56. The van der Waals surface area contributed by atoms with Gasteiger partial charge >= 0.3 is 0 Å². The van der Waals surface area contributed by atoms with Crippen molar-refractivity contribution in [3.63, 3.8) is 0 Å². The van der Waals surface area contributed by atoms with Gasteiger partial charge in [0.15, 0.2) is 0 Å². The molecule has 0 aromatic heterocycles. The summed E-state index contributed by atoms with van der Waals surface area (Å²) in [5, 5.41) is 8.37. The summed E-state index contributed by atoms with van der Waals surface area (Å²) in [5.41, 5.74) is 4.50. The highest BCUT2D eigenvalue weighted by atomic mass is 16.6. The minimum absolute atomic E-state index is 0.140. The first kappa shape index (κ1) is 19.5. The van der Waals surface area contributed by atoms with Gasteiger partial charge in [0.2, 0.25) is 0 Å². The molecule has 0 aliphatic heterocycles. The summed E-state index contributed by atoms with van der Waals surface area (Å²) in [7, 11) is 1.50. The number of hydrogen-bond donors (Lipinski definition) is 2. The van der Waals surface area contributed by atoms with E-state index in [0.29, 0.717) is 0 Å². The number of hydrogen-bond acceptors (Lipinski definition) is 3. The zero-order valence-corrected chi connectivity index (χ0v) is 10.5. The molecule has 3 nitrogen and oxygen atoms in total. The molecule has 0 fully saturated rings. The second kappa shape index (κ2) is 23.1. The Hall–Kier alpha value is -0.120. The second-order valence-corrected chi connectivity index (χ2v) is 2.82. The van der Waals surface area contributed by atoms with Crippen molar-refractivity contribution in [3.05, 3.63) is 0 Å². The fourth-order valence-corrected chi connectivity index (χ4v) is 0.833. The van der Waals surface area contributed by atoms with Crippen molar-refractivity contribution in [3.8, 4) is 0 Å². The lowest BCUT2D eigenvalue weighted by molar-refractivity contribution is -0.0540. The normalized spacial score (nSPS) is 10.5. The standard InChI is InChI=1S/C7H16O2.C3H8.CH5N/c1-3-5-7(4-2)9-6-8;1-3-2;1-2/h7-8H,3-6H2,1-2H3;3H2,1-2H3;2H2,1H3. The van der Waals surface area contributed by atoms with E-state index in [1.807, 2.05) is 0 Å². The van der Waals surface area contributed by atoms with Crippen molar-refractivity contribution in [2.75, 3.05) is 13.8 Å². The molecule has 1 atom stereocenters. The molecule has 3 heteroatoms. The van der Waals surface area contributed by atoms with Crippen LogP contribution in [0.3, 0.4) is 0 Å². The molecule has 0 aliphatic carbocycles. The van der Waals surface area contributed by atoms with Crippen LogP contribution in [0.2, 0.25) is 0 Å². The molecule has 1 unspecified atom stereocenters. The van der Waals surface area contributed by atoms with Gasteiger partial charge in [-0.2, -0.15) is 0 Å². The number of rotatable bonds is 5. The smallest absolute Gasteiger partial charge is 0.143 e. The number of ether oxygens (including phenoxy) is 1. The summed E-state index contributed by atoms with van der Waals surface area (Å²) in [6.45, 7) is 8.29. The highest BCUT2D eigenvalue weighted by molar-refractivity contribution is 4.51. The molecule has 0 rings (SSSR count). The van der Waals surface area contributed by atoms with Crippen LogP contribution in [0.15, 0.2) is 0 Å². The van der Waals surface area contributed by atoms with E-state index in [0.717, 1.165) is 19.3 Å². The SMILES string of the molecule is CCC.CCCC(CC)OCO.CN. The molecule has 0 bridgehead atoms. The Labute approximate surface area is 89.6 Å². The summed E-state index contributed by atoms with van der Waals surface area (Å²) in [6, 6.07) is 0. The largest absolute Gasteiger partial charge is 0.371 e. The zero-order chi connectivity index (χ0) is 11.8. The van der Waals surface area contributed by atoms with Crippen molar-refractivity contribution >= 4 is 0 Å². The van der Waals surface area contributed by atoms with E-state index < -0.39 is 0 Å². The van der Waals surface area contributed by atoms with Gasteiger partial charge in [-0.3, -0.25) is 0 Å². The van der Waals surface area contributed by atoms with Crippen LogP contribution in [0.4, 0.5) is 0 Å². The van der Waals surface area contributed by atoms with Gasteiger partial charge in [0.1, 0.15) is 6.79 Å². The molecule has 3 N–H and O–H groups in total. The van der Waals surface area contributed by atoms with E-state index in [1.54, 1.807) is 0 Å². The maximum absolute atomic E-state index is 8.37. The van der Waals surface area contributed by atoms with E-state index in [2.05, 4.69) is 33.4 Å². The fourth-order valence-electron chi connectivity index (χ4n) is 0.833. The summed E-state index contributed by atoms with van der Waals surface area (Å²) < 4.78 is 4.99. The Morgan fingerprint density at radius 3 is 1.79 bits per heavy atom. The van der Waals surface area contributed by atoms with Crippen LogP contribution in [0.5, 0.6) is 0 Å². The van der Waals surface area contributed by atoms with Gasteiger partial charge in [-0.1, -0.05) is 40.5 Å². The monoisotopic (exact) mass is 207 g/mol. The van der Waals surface area contributed by atoms with E-state index in [-0.39, 0.29) is 12.9 Å². The third kappa shape index (κ3) is 22.6. The maximum Gasteiger partial charge on any atom is 0.143 e. The van der Waals surface area contributed by atoms with Crippen LogP contribution < -0.4 is 5.73 Å². The molecule has 0 saturated heterocycles. The third-order valence-corrected chi connectivity index (χ3v) is 1.38. The van der Waals surface area contributed by atoms with Crippen LogP contribution in [0, 0.1) is 0 Å². The van der Waals surface area contributed by atoms with Gasteiger partial charge in [0.25, 0.3) is 0 Å². The van der Waals surface area contributed by atoms with Gasteiger partial charge < -0.3 is 15.6 Å². The van der Waals surface area contributed by atoms with Crippen LogP contribution >= 0.6 is 0 Å². The molecule has 90 valence electrons. The molecule has 0 spiro atoms. The quantitative estimate of drug-likeness (QED) is 0.681. The van der Waals surface area contributed by atoms with Crippen LogP contribution in [0.1, 0.15) is 53.4 Å². The molecule has 0 amide bonds. The summed E-state index contributed by atoms with van der Waals surface area (Å²) in [6.07, 6.45) is 4.68. The lowest BCUT2D eigenvalue weighted by atomic mass is 10.2. The van der Waals surface area contributed by atoms with Gasteiger partial charge in [-0.25, -0.2) is 0 Å². The predicted molar refractivity (Wildman–Crippen MR) is 63.2 cm³/mol. The Kier molecular flexibility index (Phi) is 32.0. The second-order valence-electron chi connectivity index (χ2n) is 2.82. The summed E-state index contributed by atoms with van der Waals surface area (Å²) in [5.74, 6) is 0. The van der Waals surface area contributed by atoms with E-state index in [1.165, 1.54) is 13.5 Å².